The molecule has 0 saturated carbocycles. The molecule has 24 heavy (non-hydrogen) atoms. The predicted molar refractivity (Wildman–Crippen MR) is 91.9 cm³/mol. The maximum atomic E-state index is 12.5. The van der Waals surface area contributed by atoms with E-state index >= 15 is 0 Å². The highest BCUT2D eigenvalue weighted by Gasteiger charge is 2.20. The third-order valence-electron chi connectivity index (χ3n) is 3.41. The maximum Gasteiger partial charge on any atom is 0.311 e. The van der Waals surface area contributed by atoms with Crippen LogP contribution in [0.4, 0.5) is 5.69 Å². The van der Waals surface area contributed by atoms with Crippen molar-refractivity contribution in [2.24, 2.45) is 0 Å². The van der Waals surface area contributed by atoms with Crippen molar-refractivity contribution in [2.45, 2.75) is 6.54 Å². The number of carbonyl (C=O) groups excluding carboxylic acids is 1. The lowest BCUT2D eigenvalue weighted by Gasteiger charge is -2.18. The number of amides is 1. The number of methoxy groups -OCH3 is 1. The summed E-state index contributed by atoms with van der Waals surface area (Å²) < 4.78 is 4.93. The first-order valence-corrected chi connectivity index (χ1v) is 7.61. The first kappa shape index (κ1) is 18.0. The molecule has 2 aromatic carbocycles. The van der Waals surface area contributed by atoms with Gasteiger partial charge < -0.3 is 9.64 Å². The zero-order valence-electron chi connectivity index (χ0n) is 13.0. The van der Waals surface area contributed by atoms with Crippen LogP contribution in [0.25, 0.3) is 0 Å². The van der Waals surface area contributed by atoms with Crippen molar-refractivity contribution in [3.05, 3.63) is 67.7 Å². The number of benzene rings is 2. The Kier molecular flexibility index (Phi) is 5.64. The van der Waals surface area contributed by atoms with Gasteiger partial charge in [-0.2, -0.15) is 0 Å². The highest BCUT2D eigenvalue weighted by molar-refractivity contribution is 6.42. The average Bonchev–Trinajstić information content (AvgIpc) is 2.57. The highest BCUT2D eigenvalue weighted by atomic mass is 35.5. The molecule has 2 aromatic rings. The van der Waals surface area contributed by atoms with Gasteiger partial charge in [0.15, 0.2) is 5.75 Å². The Morgan fingerprint density at radius 2 is 2.00 bits per heavy atom. The molecular formula is C16H14Cl2N2O4. The van der Waals surface area contributed by atoms with Gasteiger partial charge in [-0.15, -0.1) is 0 Å². The smallest absolute Gasteiger partial charge is 0.311 e. The quantitative estimate of drug-likeness (QED) is 0.585. The van der Waals surface area contributed by atoms with Gasteiger partial charge in [0.25, 0.3) is 5.91 Å². The molecule has 0 N–H and O–H groups in total. The molecule has 0 heterocycles. The molecule has 0 aliphatic rings. The number of ether oxygens (including phenoxy) is 1. The number of nitrogens with zero attached hydrogens (tertiary/aromatic N) is 2. The molecule has 0 aliphatic carbocycles. The van der Waals surface area contributed by atoms with Crippen molar-refractivity contribution >= 4 is 34.8 Å². The summed E-state index contributed by atoms with van der Waals surface area (Å²) in [6, 6.07) is 9.21. The molecule has 0 atom stereocenters. The van der Waals surface area contributed by atoms with Crippen molar-refractivity contribution in [1.29, 1.82) is 0 Å². The molecule has 6 nitrogen and oxygen atoms in total. The Morgan fingerprint density at radius 1 is 1.29 bits per heavy atom. The lowest BCUT2D eigenvalue weighted by molar-refractivity contribution is -0.385. The minimum Gasteiger partial charge on any atom is -0.490 e. The van der Waals surface area contributed by atoms with Gasteiger partial charge in [0.1, 0.15) is 0 Å². The van der Waals surface area contributed by atoms with Crippen LogP contribution in [0.5, 0.6) is 5.75 Å². The molecule has 0 bridgehead atoms. The Morgan fingerprint density at radius 3 is 2.62 bits per heavy atom. The van der Waals surface area contributed by atoms with Crippen LogP contribution in [0, 0.1) is 10.1 Å². The summed E-state index contributed by atoms with van der Waals surface area (Å²) in [6.07, 6.45) is 0. The van der Waals surface area contributed by atoms with E-state index in [0.717, 1.165) is 0 Å². The van der Waals surface area contributed by atoms with Gasteiger partial charge >= 0.3 is 5.69 Å². The Labute approximate surface area is 148 Å². The van der Waals surface area contributed by atoms with Crippen LogP contribution in [-0.4, -0.2) is 29.9 Å². The van der Waals surface area contributed by atoms with Crippen LogP contribution >= 0.6 is 23.2 Å². The number of hydrogen-bond acceptors (Lipinski definition) is 4. The van der Waals surface area contributed by atoms with Crippen molar-refractivity contribution in [3.63, 3.8) is 0 Å². The molecule has 0 radical (unpaired) electrons. The number of nitro benzene ring substituents is 1. The second-order valence-corrected chi connectivity index (χ2v) is 5.80. The standard InChI is InChI=1S/C16H14Cl2N2O4/c1-19(9-11-4-3-5-12(17)15(11)18)16(21)10-6-7-14(24-2)13(8-10)20(22)23/h3-8H,9H2,1-2H3. The van der Waals surface area contributed by atoms with Gasteiger partial charge in [-0.05, 0) is 23.8 Å². The molecule has 0 fully saturated rings. The fourth-order valence-corrected chi connectivity index (χ4v) is 2.56. The highest BCUT2D eigenvalue weighted by Crippen LogP contribution is 2.29. The topological polar surface area (TPSA) is 72.7 Å². The Balaban J connectivity index is 2.26. The number of hydrogen-bond donors (Lipinski definition) is 0. The average molecular weight is 369 g/mol. The van der Waals surface area contributed by atoms with Crippen molar-refractivity contribution < 1.29 is 14.5 Å². The van der Waals surface area contributed by atoms with E-state index in [2.05, 4.69) is 0 Å². The normalized spacial score (nSPS) is 10.3. The molecule has 0 spiro atoms. The molecule has 0 saturated heterocycles. The van der Waals surface area contributed by atoms with Crippen LogP contribution < -0.4 is 4.74 Å². The Bertz CT molecular complexity index is 796. The van der Waals surface area contributed by atoms with E-state index in [1.165, 1.54) is 30.2 Å². The molecule has 0 unspecified atom stereocenters. The molecule has 126 valence electrons. The second-order valence-electron chi connectivity index (χ2n) is 5.02. The first-order chi connectivity index (χ1) is 11.3. The summed E-state index contributed by atoms with van der Waals surface area (Å²) in [5.74, 6) is -0.283. The molecule has 2 rings (SSSR count). The third kappa shape index (κ3) is 3.77. The SMILES string of the molecule is COc1ccc(C(=O)N(C)Cc2cccc(Cl)c2Cl)cc1[N+](=O)[O-]. The monoisotopic (exact) mass is 368 g/mol. The van der Waals surface area contributed by atoms with Crippen molar-refractivity contribution in [3.8, 4) is 5.75 Å². The van der Waals surface area contributed by atoms with E-state index in [0.29, 0.717) is 15.6 Å². The molecule has 8 heteroatoms. The Hall–Kier alpha value is -2.31. The number of nitro groups is 1. The van der Waals surface area contributed by atoms with E-state index in [4.69, 9.17) is 27.9 Å². The van der Waals surface area contributed by atoms with Gasteiger partial charge in [-0.1, -0.05) is 35.3 Å². The van der Waals surface area contributed by atoms with Crippen LogP contribution in [0.3, 0.4) is 0 Å². The number of rotatable bonds is 5. The van der Waals surface area contributed by atoms with Crippen LogP contribution in [-0.2, 0) is 6.54 Å². The summed E-state index contributed by atoms with van der Waals surface area (Å²) in [5.41, 5.74) is 0.601. The molecule has 0 aromatic heterocycles. The van der Waals surface area contributed by atoms with Gasteiger partial charge in [-0.3, -0.25) is 14.9 Å². The largest absolute Gasteiger partial charge is 0.490 e. The number of carbonyl (C=O) groups is 1. The first-order valence-electron chi connectivity index (χ1n) is 6.86. The fourth-order valence-electron chi connectivity index (χ4n) is 2.18. The summed E-state index contributed by atoms with van der Waals surface area (Å²) in [7, 11) is 2.91. The lowest BCUT2D eigenvalue weighted by atomic mass is 10.1. The summed E-state index contributed by atoms with van der Waals surface area (Å²) >= 11 is 12.1. The third-order valence-corrected chi connectivity index (χ3v) is 4.27. The summed E-state index contributed by atoms with van der Waals surface area (Å²) in [5, 5.41) is 11.8. The molecule has 1 amide bonds. The van der Waals surface area contributed by atoms with Gasteiger partial charge in [-0.25, -0.2) is 0 Å². The van der Waals surface area contributed by atoms with Gasteiger partial charge in [0.05, 0.1) is 22.1 Å². The van der Waals surface area contributed by atoms with Crippen LogP contribution in [0.2, 0.25) is 10.0 Å². The van der Waals surface area contributed by atoms with Crippen LogP contribution in [0.1, 0.15) is 15.9 Å². The van der Waals surface area contributed by atoms with Crippen LogP contribution in [0.15, 0.2) is 36.4 Å². The molecule has 0 aliphatic heterocycles. The molecular weight excluding hydrogens is 355 g/mol. The zero-order valence-corrected chi connectivity index (χ0v) is 14.5. The second kappa shape index (κ2) is 7.51. The maximum absolute atomic E-state index is 12.5. The van der Waals surface area contributed by atoms with Gasteiger partial charge in [0, 0.05) is 25.2 Å². The fraction of sp³-hybridized carbons (Fsp3) is 0.188. The van der Waals surface area contributed by atoms with E-state index < -0.39 is 4.92 Å². The van der Waals surface area contributed by atoms with Crippen molar-refractivity contribution in [2.75, 3.05) is 14.2 Å². The minimum absolute atomic E-state index is 0.0945. The van der Waals surface area contributed by atoms with Crippen molar-refractivity contribution in [1.82, 2.24) is 4.90 Å². The number of halogens is 2. The van der Waals surface area contributed by atoms with E-state index in [1.54, 1.807) is 25.2 Å². The van der Waals surface area contributed by atoms with E-state index in [-0.39, 0.29) is 29.5 Å². The summed E-state index contributed by atoms with van der Waals surface area (Å²) in [4.78, 5) is 24.4. The van der Waals surface area contributed by atoms with E-state index in [1.807, 2.05) is 0 Å². The minimum atomic E-state index is -0.594. The predicted octanol–water partition coefficient (Wildman–Crippen LogP) is 4.18. The zero-order chi connectivity index (χ0) is 17.9. The summed E-state index contributed by atoms with van der Waals surface area (Å²) in [6.45, 7) is 0.220. The lowest BCUT2D eigenvalue weighted by Crippen LogP contribution is -2.26. The van der Waals surface area contributed by atoms with E-state index in [9.17, 15) is 14.9 Å². The van der Waals surface area contributed by atoms with Gasteiger partial charge in [0.2, 0.25) is 0 Å².